The van der Waals surface area contributed by atoms with Gasteiger partial charge in [0, 0.05) is 24.2 Å². The Bertz CT molecular complexity index is 531. The number of likely N-dealkylation sites (tertiary alicyclic amines) is 1. The Kier molecular flexibility index (Phi) is 3.98. The molecule has 1 saturated carbocycles. The zero-order chi connectivity index (χ0) is 15.0. The molecule has 2 N–H and O–H groups in total. The number of carbonyl (C=O) groups excluding carboxylic acids is 1. The first-order chi connectivity index (χ1) is 10.0. The lowest BCUT2D eigenvalue weighted by atomic mass is 9.88. The maximum Gasteiger partial charge on any atom is 0.233 e. The van der Waals surface area contributed by atoms with E-state index in [2.05, 4.69) is 6.92 Å². The molecule has 2 aliphatic rings. The second-order valence-corrected chi connectivity index (χ2v) is 7.02. The SMILES string of the molecule is CC(N)C1CCN(C(=O)C2(c3cccc(Cl)c3)CC2)CC1. The highest BCUT2D eigenvalue weighted by molar-refractivity contribution is 6.30. The minimum absolute atomic E-state index is 0.227. The fourth-order valence-electron chi connectivity index (χ4n) is 3.47. The average Bonchev–Trinajstić information content (AvgIpc) is 3.28. The first-order valence-corrected chi connectivity index (χ1v) is 8.22. The third-order valence-electron chi connectivity index (χ3n) is 5.11. The normalized spacial score (nSPS) is 22.9. The van der Waals surface area contributed by atoms with Crippen LogP contribution in [0, 0.1) is 5.92 Å². The van der Waals surface area contributed by atoms with Crippen molar-refractivity contribution in [1.29, 1.82) is 0 Å². The Balaban J connectivity index is 1.71. The molecule has 0 aromatic heterocycles. The van der Waals surface area contributed by atoms with Gasteiger partial charge in [-0.2, -0.15) is 0 Å². The van der Waals surface area contributed by atoms with Crippen LogP contribution in [0.2, 0.25) is 5.02 Å². The molecule has 0 bridgehead atoms. The minimum Gasteiger partial charge on any atom is -0.342 e. The summed E-state index contributed by atoms with van der Waals surface area (Å²) in [6.45, 7) is 3.75. The van der Waals surface area contributed by atoms with Gasteiger partial charge in [-0.25, -0.2) is 0 Å². The van der Waals surface area contributed by atoms with Gasteiger partial charge in [-0.1, -0.05) is 23.7 Å². The Morgan fingerprint density at radius 3 is 2.57 bits per heavy atom. The molecule has 1 aromatic rings. The van der Waals surface area contributed by atoms with Crippen molar-refractivity contribution in [3.63, 3.8) is 0 Å². The third-order valence-corrected chi connectivity index (χ3v) is 5.34. The van der Waals surface area contributed by atoms with Crippen molar-refractivity contribution < 1.29 is 4.79 Å². The van der Waals surface area contributed by atoms with E-state index in [1.807, 2.05) is 29.2 Å². The highest BCUT2D eigenvalue weighted by atomic mass is 35.5. The van der Waals surface area contributed by atoms with Gasteiger partial charge in [-0.3, -0.25) is 4.79 Å². The summed E-state index contributed by atoms with van der Waals surface area (Å²) < 4.78 is 0. The van der Waals surface area contributed by atoms with Gasteiger partial charge >= 0.3 is 0 Å². The number of hydrogen-bond donors (Lipinski definition) is 1. The summed E-state index contributed by atoms with van der Waals surface area (Å²) in [6.07, 6.45) is 3.93. The van der Waals surface area contributed by atoms with Gasteiger partial charge in [0.1, 0.15) is 0 Å². The van der Waals surface area contributed by atoms with Crippen molar-refractivity contribution in [3.8, 4) is 0 Å². The van der Waals surface area contributed by atoms with E-state index in [-0.39, 0.29) is 17.4 Å². The van der Waals surface area contributed by atoms with E-state index in [1.165, 1.54) is 0 Å². The molecule has 1 atom stereocenters. The number of nitrogens with zero attached hydrogens (tertiary/aromatic N) is 1. The molecule has 3 rings (SSSR count). The summed E-state index contributed by atoms with van der Waals surface area (Å²) >= 11 is 6.08. The van der Waals surface area contributed by atoms with Gasteiger partial charge in [-0.05, 0) is 56.2 Å². The minimum atomic E-state index is -0.300. The Hall–Kier alpha value is -1.06. The molecule has 3 nitrogen and oxygen atoms in total. The molecule has 1 aromatic carbocycles. The van der Waals surface area contributed by atoms with Crippen LogP contribution in [0.25, 0.3) is 0 Å². The number of carbonyl (C=O) groups is 1. The van der Waals surface area contributed by atoms with Gasteiger partial charge in [0.25, 0.3) is 0 Å². The number of piperidine rings is 1. The fourth-order valence-corrected chi connectivity index (χ4v) is 3.66. The summed E-state index contributed by atoms with van der Waals surface area (Å²) in [5, 5.41) is 0.710. The van der Waals surface area contributed by atoms with Crippen LogP contribution in [0.4, 0.5) is 0 Å². The monoisotopic (exact) mass is 306 g/mol. The van der Waals surface area contributed by atoms with Crippen LogP contribution in [0.1, 0.15) is 38.2 Å². The van der Waals surface area contributed by atoms with Gasteiger partial charge in [0.15, 0.2) is 0 Å². The summed E-state index contributed by atoms with van der Waals surface area (Å²) in [5.74, 6) is 0.836. The first-order valence-electron chi connectivity index (χ1n) is 7.84. The van der Waals surface area contributed by atoms with Crippen LogP contribution in [0.3, 0.4) is 0 Å². The molecule has 1 amide bonds. The van der Waals surface area contributed by atoms with Crippen LogP contribution in [0.5, 0.6) is 0 Å². The lowest BCUT2D eigenvalue weighted by Crippen LogP contribution is -2.46. The van der Waals surface area contributed by atoms with Gasteiger partial charge in [0.2, 0.25) is 5.91 Å². The lowest BCUT2D eigenvalue weighted by Gasteiger charge is -2.36. The maximum atomic E-state index is 12.9. The molecule has 1 aliphatic carbocycles. The molecule has 1 aliphatic heterocycles. The predicted octanol–water partition coefficient (Wildman–Crippen LogP) is 2.96. The van der Waals surface area contributed by atoms with E-state index in [9.17, 15) is 4.79 Å². The summed E-state index contributed by atoms with van der Waals surface area (Å²) in [4.78, 5) is 15.0. The van der Waals surface area contributed by atoms with Gasteiger partial charge in [-0.15, -0.1) is 0 Å². The van der Waals surface area contributed by atoms with Crippen LogP contribution >= 0.6 is 11.6 Å². The molecule has 1 saturated heterocycles. The molecular weight excluding hydrogens is 284 g/mol. The topological polar surface area (TPSA) is 46.3 Å². The van der Waals surface area contributed by atoms with E-state index >= 15 is 0 Å². The van der Waals surface area contributed by atoms with Crippen molar-refractivity contribution in [2.24, 2.45) is 11.7 Å². The Morgan fingerprint density at radius 1 is 1.38 bits per heavy atom. The number of amides is 1. The van der Waals surface area contributed by atoms with Crippen LogP contribution in [-0.4, -0.2) is 29.9 Å². The quantitative estimate of drug-likeness (QED) is 0.933. The standard InChI is InChI=1S/C17H23ClN2O/c1-12(19)13-5-9-20(10-6-13)16(21)17(7-8-17)14-3-2-4-15(18)11-14/h2-4,11-13H,5-10,19H2,1H3. The molecule has 2 fully saturated rings. The van der Waals surface area contributed by atoms with Crippen molar-refractivity contribution in [1.82, 2.24) is 4.90 Å². The average molecular weight is 307 g/mol. The maximum absolute atomic E-state index is 12.9. The molecule has 4 heteroatoms. The van der Waals surface area contributed by atoms with Gasteiger partial charge in [0.05, 0.1) is 5.41 Å². The number of benzene rings is 1. The smallest absolute Gasteiger partial charge is 0.233 e. The van der Waals surface area contributed by atoms with E-state index < -0.39 is 0 Å². The second kappa shape index (κ2) is 5.62. The number of nitrogens with two attached hydrogens (primary N) is 1. The third kappa shape index (κ3) is 2.82. The van der Waals surface area contributed by atoms with Crippen molar-refractivity contribution in [2.75, 3.05) is 13.1 Å². The largest absolute Gasteiger partial charge is 0.342 e. The molecular formula is C17H23ClN2O. The highest BCUT2D eigenvalue weighted by Crippen LogP contribution is 2.50. The van der Waals surface area contributed by atoms with E-state index in [4.69, 9.17) is 17.3 Å². The van der Waals surface area contributed by atoms with Crippen molar-refractivity contribution in [3.05, 3.63) is 34.9 Å². The molecule has 1 heterocycles. The molecule has 0 spiro atoms. The van der Waals surface area contributed by atoms with Crippen molar-refractivity contribution in [2.45, 2.75) is 44.1 Å². The highest BCUT2D eigenvalue weighted by Gasteiger charge is 2.53. The zero-order valence-electron chi connectivity index (χ0n) is 12.5. The van der Waals surface area contributed by atoms with E-state index in [0.29, 0.717) is 10.9 Å². The second-order valence-electron chi connectivity index (χ2n) is 6.58. The van der Waals surface area contributed by atoms with E-state index in [1.54, 1.807) is 0 Å². The molecule has 21 heavy (non-hydrogen) atoms. The number of rotatable bonds is 3. The predicted molar refractivity (Wildman–Crippen MR) is 85.3 cm³/mol. The van der Waals surface area contributed by atoms with Crippen LogP contribution in [-0.2, 0) is 10.2 Å². The van der Waals surface area contributed by atoms with Crippen LogP contribution < -0.4 is 5.73 Å². The summed E-state index contributed by atoms with van der Waals surface area (Å²) in [7, 11) is 0. The Morgan fingerprint density at radius 2 is 2.05 bits per heavy atom. The fraction of sp³-hybridized carbons (Fsp3) is 0.588. The van der Waals surface area contributed by atoms with Crippen LogP contribution in [0.15, 0.2) is 24.3 Å². The molecule has 114 valence electrons. The first kappa shape index (κ1) is 14.9. The number of halogens is 1. The summed E-state index contributed by atoms with van der Waals surface area (Å²) in [6, 6.07) is 8.00. The molecule has 1 unspecified atom stereocenters. The Labute approximate surface area is 131 Å². The summed E-state index contributed by atoms with van der Waals surface area (Å²) in [5.41, 5.74) is 6.75. The van der Waals surface area contributed by atoms with Gasteiger partial charge < -0.3 is 10.6 Å². The van der Waals surface area contributed by atoms with Crippen molar-refractivity contribution >= 4 is 17.5 Å². The lowest BCUT2D eigenvalue weighted by molar-refractivity contribution is -0.135. The molecule has 0 radical (unpaired) electrons. The number of hydrogen-bond acceptors (Lipinski definition) is 2. The zero-order valence-corrected chi connectivity index (χ0v) is 13.3. The van der Waals surface area contributed by atoms with E-state index in [0.717, 1.165) is 44.3 Å².